The van der Waals surface area contributed by atoms with E-state index in [0.29, 0.717) is 12.0 Å². The molecule has 6 nitrogen and oxygen atoms in total. The molecule has 7 heteroatoms. The molecule has 0 N–H and O–H groups in total. The molecule has 2 rings (SSSR count). The number of carbonyl (C=O) groups is 2. The van der Waals surface area contributed by atoms with E-state index in [-0.39, 0.29) is 12.3 Å². The van der Waals surface area contributed by atoms with Gasteiger partial charge in [-0.05, 0) is 32.1 Å². The number of likely N-dealkylation sites (N-methyl/N-ethyl adjacent to an activating group) is 1. The summed E-state index contributed by atoms with van der Waals surface area (Å²) in [4.78, 5) is 35.2. The number of carbonyl (C=O) groups excluding carboxylic acids is 2. The van der Waals surface area contributed by atoms with Gasteiger partial charge in [0.2, 0.25) is 6.10 Å². The second kappa shape index (κ2) is 9.50. The quantitative estimate of drug-likeness (QED) is 0.413. The molecule has 27 heavy (non-hydrogen) atoms. The lowest BCUT2D eigenvalue weighted by atomic mass is 10.1. The molecule has 2 aromatic rings. The van der Waals surface area contributed by atoms with Crippen molar-refractivity contribution in [2.45, 2.75) is 37.9 Å². The molecule has 1 atom stereocenters. The largest absolute Gasteiger partial charge is 0.447 e. The minimum absolute atomic E-state index is 0.160. The van der Waals surface area contributed by atoms with Crippen LogP contribution in [-0.4, -0.2) is 47.1 Å². The van der Waals surface area contributed by atoms with E-state index in [1.54, 1.807) is 26.2 Å². The van der Waals surface area contributed by atoms with Gasteiger partial charge >= 0.3 is 5.97 Å². The van der Waals surface area contributed by atoms with Crippen molar-refractivity contribution in [2.75, 3.05) is 20.4 Å². The first-order chi connectivity index (χ1) is 12.8. The van der Waals surface area contributed by atoms with Gasteiger partial charge in [-0.1, -0.05) is 42.1 Å². The van der Waals surface area contributed by atoms with Crippen LogP contribution in [0.3, 0.4) is 0 Å². The number of benzene rings is 1. The third-order valence-corrected chi connectivity index (χ3v) is 4.73. The Hall–Kier alpha value is -2.41. The summed E-state index contributed by atoms with van der Waals surface area (Å²) < 4.78 is 5.53. The van der Waals surface area contributed by atoms with Gasteiger partial charge in [0.25, 0.3) is 5.91 Å². The number of hydrogen-bond donors (Lipinski definition) is 0. The van der Waals surface area contributed by atoms with Crippen molar-refractivity contribution in [3.63, 3.8) is 0 Å². The van der Waals surface area contributed by atoms with Crippen molar-refractivity contribution in [1.82, 2.24) is 14.9 Å². The van der Waals surface area contributed by atoms with Gasteiger partial charge < -0.3 is 9.64 Å². The molecule has 1 aromatic carbocycles. The fourth-order valence-electron chi connectivity index (χ4n) is 2.70. The number of nitrogens with zero attached hydrogens (tertiary/aromatic N) is 3. The number of thioether (sulfide) groups is 1. The first-order valence-corrected chi connectivity index (χ1v) is 9.89. The predicted octanol–water partition coefficient (Wildman–Crippen LogP) is 3.12. The minimum Gasteiger partial charge on any atom is -0.447 e. The van der Waals surface area contributed by atoms with Crippen LogP contribution >= 0.6 is 11.8 Å². The fourth-order valence-corrected chi connectivity index (χ4v) is 3.16. The van der Waals surface area contributed by atoms with Crippen LogP contribution in [0.4, 0.5) is 0 Å². The van der Waals surface area contributed by atoms with Crippen LogP contribution in [0.15, 0.2) is 35.5 Å². The molecule has 0 spiro atoms. The Labute approximate surface area is 164 Å². The van der Waals surface area contributed by atoms with Crippen molar-refractivity contribution < 1.29 is 14.3 Å². The van der Waals surface area contributed by atoms with Gasteiger partial charge in [-0.25, -0.2) is 9.97 Å². The Morgan fingerprint density at radius 1 is 1.11 bits per heavy atom. The molecule has 0 radical (unpaired) electrons. The van der Waals surface area contributed by atoms with Crippen LogP contribution in [-0.2, 0) is 20.7 Å². The molecule has 0 aliphatic carbocycles. The van der Waals surface area contributed by atoms with E-state index in [0.717, 1.165) is 22.1 Å². The highest BCUT2D eigenvalue weighted by Crippen LogP contribution is 2.22. The maximum Gasteiger partial charge on any atom is 0.307 e. The summed E-state index contributed by atoms with van der Waals surface area (Å²) in [5, 5.41) is 0.719. The van der Waals surface area contributed by atoms with Crippen molar-refractivity contribution in [3.05, 3.63) is 52.8 Å². The summed E-state index contributed by atoms with van der Waals surface area (Å²) in [6.45, 7) is 3.83. The van der Waals surface area contributed by atoms with Gasteiger partial charge in [0.1, 0.15) is 0 Å². The summed E-state index contributed by atoms with van der Waals surface area (Å²) in [6, 6.07) is 9.05. The van der Waals surface area contributed by atoms with Crippen LogP contribution in [0.1, 0.15) is 35.0 Å². The van der Waals surface area contributed by atoms with Crippen LogP contribution in [0.25, 0.3) is 0 Å². The van der Waals surface area contributed by atoms with Gasteiger partial charge in [-0.3, -0.25) is 9.59 Å². The van der Waals surface area contributed by atoms with Gasteiger partial charge in [-0.2, -0.15) is 0 Å². The average molecular weight is 388 g/mol. The molecular weight excluding hydrogens is 362 g/mol. The number of rotatable bonds is 7. The normalized spacial score (nSPS) is 11.7. The zero-order valence-electron chi connectivity index (χ0n) is 16.4. The first kappa shape index (κ1) is 20.9. The molecule has 1 unspecified atom stereocenters. The summed E-state index contributed by atoms with van der Waals surface area (Å²) in [5.41, 5.74) is 3.33. The van der Waals surface area contributed by atoms with Crippen molar-refractivity contribution in [3.8, 4) is 0 Å². The minimum atomic E-state index is -0.939. The predicted molar refractivity (Wildman–Crippen MR) is 106 cm³/mol. The number of aromatic nitrogens is 2. The Bertz CT molecular complexity index is 786. The van der Waals surface area contributed by atoms with Gasteiger partial charge in [-0.15, -0.1) is 0 Å². The summed E-state index contributed by atoms with van der Waals surface area (Å²) in [7, 11) is 3.28. The molecule has 0 aliphatic rings. The van der Waals surface area contributed by atoms with E-state index in [2.05, 4.69) is 9.97 Å². The SMILES string of the molecule is CSc1nc(C)c(CCC(=O)OC(C(=O)N(C)C)c2ccccc2)c(C)n1. The topological polar surface area (TPSA) is 72.4 Å². The Balaban J connectivity index is 2.10. The molecule has 1 amide bonds. The smallest absolute Gasteiger partial charge is 0.307 e. The second-order valence-electron chi connectivity index (χ2n) is 6.37. The molecule has 1 aromatic heterocycles. The zero-order valence-corrected chi connectivity index (χ0v) is 17.2. The average Bonchev–Trinajstić information content (AvgIpc) is 2.65. The van der Waals surface area contributed by atoms with Gasteiger partial charge in [0.15, 0.2) is 5.16 Å². The number of esters is 1. The number of ether oxygens (including phenoxy) is 1. The zero-order chi connectivity index (χ0) is 20.0. The van der Waals surface area contributed by atoms with E-state index in [9.17, 15) is 9.59 Å². The van der Waals surface area contributed by atoms with E-state index in [4.69, 9.17) is 4.74 Å². The van der Waals surface area contributed by atoms with Crippen LogP contribution < -0.4 is 0 Å². The van der Waals surface area contributed by atoms with E-state index in [1.807, 2.05) is 38.3 Å². The van der Waals surface area contributed by atoms with Gasteiger partial charge in [0.05, 0.1) is 0 Å². The van der Waals surface area contributed by atoms with Crippen molar-refractivity contribution >= 4 is 23.6 Å². The molecule has 0 saturated heterocycles. The van der Waals surface area contributed by atoms with E-state index in [1.165, 1.54) is 16.7 Å². The first-order valence-electron chi connectivity index (χ1n) is 8.67. The number of amides is 1. The molecule has 144 valence electrons. The van der Waals surface area contributed by atoms with Crippen molar-refractivity contribution in [1.29, 1.82) is 0 Å². The van der Waals surface area contributed by atoms with E-state index >= 15 is 0 Å². The highest BCUT2D eigenvalue weighted by Gasteiger charge is 2.26. The summed E-state index contributed by atoms with van der Waals surface area (Å²) >= 11 is 1.49. The monoisotopic (exact) mass is 387 g/mol. The fraction of sp³-hybridized carbons (Fsp3) is 0.400. The molecule has 1 heterocycles. The maximum atomic E-state index is 12.5. The van der Waals surface area contributed by atoms with Crippen LogP contribution in [0.2, 0.25) is 0 Å². The molecule has 0 aliphatic heterocycles. The second-order valence-corrected chi connectivity index (χ2v) is 7.15. The third-order valence-electron chi connectivity index (χ3n) is 4.18. The number of hydrogen-bond acceptors (Lipinski definition) is 6. The number of aryl methyl sites for hydroxylation is 2. The highest BCUT2D eigenvalue weighted by molar-refractivity contribution is 7.98. The Morgan fingerprint density at radius 3 is 2.22 bits per heavy atom. The molecule has 0 fully saturated rings. The molecule has 0 saturated carbocycles. The Kier molecular flexibility index (Phi) is 7.36. The lowest BCUT2D eigenvalue weighted by Gasteiger charge is -2.21. The third kappa shape index (κ3) is 5.53. The van der Waals surface area contributed by atoms with E-state index < -0.39 is 12.1 Å². The van der Waals surface area contributed by atoms with Gasteiger partial charge in [0, 0.05) is 37.5 Å². The lowest BCUT2D eigenvalue weighted by molar-refractivity contribution is -0.159. The summed E-state index contributed by atoms with van der Waals surface area (Å²) in [6.07, 6.45) is 1.62. The maximum absolute atomic E-state index is 12.5. The molecular formula is C20H25N3O3S. The molecule has 0 bridgehead atoms. The van der Waals surface area contributed by atoms with Crippen molar-refractivity contribution in [2.24, 2.45) is 0 Å². The lowest BCUT2D eigenvalue weighted by Crippen LogP contribution is -2.31. The summed E-state index contributed by atoms with van der Waals surface area (Å²) in [5.74, 6) is -0.693. The Morgan fingerprint density at radius 2 is 1.70 bits per heavy atom. The standard InChI is InChI=1S/C20H25N3O3S/c1-13-16(14(2)22-20(21-13)27-5)11-12-17(24)26-18(19(25)23(3)4)15-9-7-6-8-10-15/h6-10,18H,11-12H2,1-5H3. The highest BCUT2D eigenvalue weighted by atomic mass is 32.2. The van der Waals surface area contributed by atoms with Crippen LogP contribution in [0, 0.1) is 13.8 Å². The van der Waals surface area contributed by atoms with Crippen LogP contribution in [0.5, 0.6) is 0 Å².